The molecule has 3 atom stereocenters. The molecule has 104 valence electrons. The third kappa shape index (κ3) is 2.41. The molecule has 3 unspecified atom stereocenters. The Bertz CT molecular complexity index is 310. The topological polar surface area (TPSA) is 58.4 Å². The van der Waals surface area contributed by atoms with Crippen molar-refractivity contribution in [2.45, 2.75) is 39.7 Å². The van der Waals surface area contributed by atoms with Gasteiger partial charge in [0, 0.05) is 38.1 Å². The van der Waals surface area contributed by atoms with Gasteiger partial charge in [-0.2, -0.15) is 0 Å². The summed E-state index contributed by atoms with van der Waals surface area (Å²) in [6.07, 6.45) is 1.92. The fourth-order valence-corrected chi connectivity index (χ4v) is 3.40. The smallest absolute Gasteiger partial charge is 0.226 e. The SMILES string of the molecule is CC1C(N)CCC(C(=O)N2CCNCC2)C1(C)C. The molecule has 0 aromatic carbocycles. The van der Waals surface area contributed by atoms with Crippen LogP contribution in [0.4, 0.5) is 0 Å². The Labute approximate surface area is 110 Å². The molecule has 0 bridgehead atoms. The van der Waals surface area contributed by atoms with Crippen LogP contribution in [0.5, 0.6) is 0 Å². The van der Waals surface area contributed by atoms with Gasteiger partial charge in [0.05, 0.1) is 0 Å². The monoisotopic (exact) mass is 253 g/mol. The first-order valence-electron chi connectivity index (χ1n) is 7.19. The minimum Gasteiger partial charge on any atom is -0.340 e. The quantitative estimate of drug-likeness (QED) is 0.727. The minimum atomic E-state index is 0.0135. The molecule has 2 fully saturated rings. The number of nitrogens with one attached hydrogen (secondary N) is 1. The Morgan fingerprint density at radius 2 is 1.89 bits per heavy atom. The maximum Gasteiger partial charge on any atom is 0.226 e. The van der Waals surface area contributed by atoms with E-state index in [1.165, 1.54) is 0 Å². The number of carbonyl (C=O) groups excluding carboxylic acids is 1. The third-order valence-corrected chi connectivity index (χ3v) is 5.23. The van der Waals surface area contributed by atoms with E-state index in [0.717, 1.165) is 39.0 Å². The van der Waals surface area contributed by atoms with Gasteiger partial charge >= 0.3 is 0 Å². The summed E-state index contributed by atoms with van der Waals surface area (Å²) in [5.74, 6) is 0.897. The highest BCUT2D eigenvalue weighted by atomic mass is 16.2. The highest BCUT2D eigenvalue weighted by Gasteiger charge is 2.46. The van der Waals surface area contributed by atoms with Gasteiger partial charge in [-0.15, -0.1) is 0 Å². The molecule has 2 aliphatic rings. The maximum absolute atomic E-state index is 12.7. The predicted molar refractivity (Wildman–Crippen MR) is 73.1 cm³/mol. The van der Waals surface area contributed by atoms with E-state index in [1.807, 2.05) is 4.90 Å². The molecule has 1 saturated carbocycles. The van der Waals surface area contributed by atoms with E-state index >= 15 is 0 Å². The van der Waals surface area contributed by atoms with Gasteiger partial charge in [0.1, 0.15) is 0 Å². The zero-order chi connectivity index (χ0) is 13.3. The molecule has 0 aromatic rings. The average molecular weight is 253 g/mol. The summed E-state index contributed by atoms with van der Waals surface area (Å²) in [5.41, 5.74) is 6.17. The van der Waals surface area contributed by atoms with Crippen molar-refractivity contribution in [1.29, 1.82) is 0 Å². The standard InChI is InChI=1S/C14H27N3O/c1-10-12(15)5-4-11(14(10,2)3)13(18)17-8-6-16-7-9-17/h10-12,16H,4-9,15H2,1-3H3. The number of carbonyl (C=O) groups is 1. The molecule has 1 saturated heterocycles. The Kier molecular flexibility index (Phi) is 3.97. The number of hydrogen-bond donors (Lipinski definition) is 2. The van der Waals surface area contributed by atoms with Crippen LogP contribution in [-0.2, 0) is 4.79 Å². The summed E-state index contributed by atoms with van der Waals surface area (Å²) in [4.78, 5) is 14.7. The molecule has 1 aliphatic carbocycles. The number of rotatable bonds is 1. The van der Waals surface area contributed by atoms with Gasteiger partial charge in [-0.1, -0.05) is 20.8 Å². The Morgan fingerprint density at radius 1 is 1.28 bits per heavy atom. The van der Waals surface area contributed by atoms with Crippen LogP contribution in [0.3, 0.4) is 0 Å². The summed E-state index contributed by atoms with van der Waals surface area (Å²) < 4.78 is 0. The molecular weight excluding hydrogens is 226 g/mol. The van der Waals surface area contributed by atoms with Crippen LogP contribution in [-0.4, -0.2) is 43.0 Å². The number of hydrogen-bond acceptors (Lipinski definition) is 3. The summed E-state index contributed by atoms with van der Waals surface area (Å²) in [6, 6.07) is 0.243. The molecule has 0 radical (unpaired) electrons. The van der Waals surface area contributed by atoms with E-state index in [2.05, 4.69) is 26.1 Å². The molecular formula is C14H27N3O. The van der Waals surface area contributed by atoms with E-state index in [4.69, 9.17) is 5.73 Å². The third-order valence-electron chi connectivity index (χ3n) is 5.23. The van der Waals surface area contributed by atoms with Gasteiger partial charge in [0.25, 0.3) is 0 Å². The lowest BCUT2D eigenvalue weighted by Crippen LogP contribution is -2.55. The summed E-state index contributed by atoms with van der Waals surface area (Å²) in [5, 5.41) is 3.30. The van der Waals surface area contributed by atoms with Crippen molar-refractivity contribution in [3.63, 3.8) is 0 Å². The van der Waals surface area contributed by atoms with E-state index < -0.39 is 0 Å². The molecule has 0 aromatic heterocycles. The van der Waals surface area contributed by atoms with Gasteiger partial charge in [-0.25, -0.2) is 0 Å². The van der Waals surface area contributed by atoms with Gasteiger partial charge in [-0.3, -0.25) is 4.79 Å². The molecule has 4 nitrogen and oxygen atoms in total. The number of nitrogens with zero attached hydrogens (tertiary/aromatic N) is 1. The molecule has 1 heterocycles. The normalized spacial score (nSPS) is 36.4. The summed E-state index contributed by atoms with van der Waals surface area (Å²) in [6.45, 7) is 10.2. The molecule has 0 spiro atoms. The van der Waals surface area contributed by atoms with Crippen LogP contribution < -0.4 is 11.1 Å². The molecule has 4 heteroatoms. The summed E-state index contributed by atoms with van der Waals surface area (Å²) >= 11 is 0. The highest BCUT2D eigenvalue weighted by molar-refractivity contribution is 5.80. The molecule has 18 heavy (non-hydrogen) atoms. The number of nitrogens with two attached hydrogens (primary N) is 1. The maximum atomic E-state index is 12.7. The Balaban J connectivity index is 2.09. The second kappa shape index (κ2) is 5.17. The highest BCUT2D eigenvalue weighted by Crippen LogP contribution is 2.45. The van der Waals surface area contributed by atoms with Crippen molar-refractivity contribution in [3.8, 4) is 0 Å². The van der Waals surface area contributed by atoms with Crippen LogP contribution >= 0.6 is 0 Å². The number of piperazine rings is 1. The first-order chi connectivity index (χ1) is 8.44. The van der Waals surface area contributed by atoms with Gasteiger partial charge in [0.2, 0.25) is 5.91 Å². The van der Waals surface area contributed by atoms with E-state index in [-0.39, 0.29) is 17.4 Å². The number of amides is 1. The van der Waals surface area contributed by atoms with Crippen molar-refractivity contribution < 1.29 is 4.79 Å². The van der Waals surface area contributed by atoms with E-state index in [1.54, 1.807) is 0 Å². The van der Waals surface area contributed by atoms with Crippen molar-refractivity contribution in [2.24, 2.45) is 23.0 Å². The van der Waals surface area contributed by atoms with E-state index in [0.29, 0.717) is 11.8 Å². The molecule has 1 amide bonds. The molecule has 3 N–H and O–H groups in total. The molecule has 1 aliphatic heterocycles. The van der Waals surface area contributed by atoms with Crippen LogP contribution in [0, 0.1) is 17.3 Å². The van der Waals surface area contributed by atoms with E-state index in [9.17, 15) is 4.79 Å². The van der Waals surface area contributed by atoms with Crippen LogP contribution in [0.1, 0.15) is 33.6 Å². The zero-order valence-electron chi connectivity index (χ0n) is 11.9. The largest absolute Gasteiger partial charge is 0.340 e. The first kappa shape index (κ1) is 13.8. The van der Waals surface area contributed by atoms with Gasteiger partial charge < -0.3 is 16.0 Å². The lowest BCUT2D eigenvalue weighted by Gasteiger charge is -2.47. The van der Waals surface area contributed by atoms with Crippen molar-refractivity contribution >= 4 is 5.91 Å². The summed E-state index contributed by atoms with van der Waals surface area (Å²) in [7, 11) is 0. The van der Waals surface area contributed by atoms with Crippen LogP contribution in [0.15, 0.2) is 0 Å². The lowest BCUT2D eigenvalue weighted by molar-refractivity contribution is -0.144. The fourth-order valence-electron chi connectivity index (χ4n) is 3.40. The minimum absolute atomic E-state index is 0.0135. The zero-order valence-corrected chi connectivity index (χ0v) is 11.9. The van der Waals surface area contributed by atoms with Crippen molar-refractivity contribution in [1.82, 2.24) is 10.2 Å². The van der Waals surface area contributed by atoms with Crippen LogP contribution in [0.2, 0.25) is 0 Å². The second-order valence-corrected chi connectivity index (χ2v) is 6.48. The predicted octanol–water partition coefficient (Wildman–Crippen LogP) is 0.818. The Hall–Kier alpha value is -0.610. The molecule has 2 rings (SSSR count). The van der Waals surface area contributed by atoms with Gasteiger partial charge in [0.15, 0.2) is 0 Å². The first-order valence-corrected chi connectivity index (χ1v) is 7.19. The van der Waals surface area contributed by atoms with Crippen molar-refractivity contribution in [3.05, 3.63) is 0 Å². The lowest BCUT2D eigenvalue weighted by atomic mass is 9.60. The fraction of sp³-hybridized carbons (Fsp3) is 0.929. The van der Waals surface area contributed by atoms with Crippen LogP contribution in [0.25, 0.3) is 0 Å². The average Bonchev–Trinajstić information content (AvgIpc) is 2.36. The van der Waals surface area contributed by atoms with Crippen molar-refractivity contribution in [2.75, 3.05) is 26.2 Å². The Morgan fingerprint density at radius 3 is 2.50 bits per heavy atom. The van der Waals surface area contributed by atoms with Gasteiger partial charge in [-0.05, 0) is 24.2 Å². The second-order valence-electron chi connectivity index (χ2n) is 6.48.